The molecule has 3 rings (SSSR count). The first kappa shape index (κ1) is 15.0. The monoisotopic (exact) mass is 360 g/mol. The second-order valence-electron chi connectivity index (χ2n) is 5.34. The Morgan fingerprint density at radius 3 is 2.82 bits per heavy atom. The second kappa shape index (κ2) is 6.87. The standard InChI is InChI=1S/C16H17BrN4O/c17-13-3-5-14(6-4-13)20-16(22)12-2-1-9-21(11-12)15-10-18-7-8-19-15/h3-8,10,12H,1-2,9,11H2,(H,20,22). The van der Waals surface area contributed by atoms with Crippen molar-refractivity contribution in [3.8, 4) is 0 Å². The highest BCUT2D eigenvalue weighted by atomic mass is 79.9. The van der Waals surface area contributed by atoms with Crippen LogP contribution in [0.15, 0.2) is 47.3 Å². The minimum absolute atomic E-state index is 0.0283. The van der Waals surface area contributed by atoms with E-state index in [1.807, 2.05) is 24.3 Å². The molecule has 1 amide bonds. The third-order valence-electron chi connectivity index (χ3n) is 3.78. The molecule has 6 heteroatoms. The summed E-state index contributed by atoms with van der Waals surface area (Å²) in [5.74, 6) is 0.874. The first-order valence-electron chi connectivity index (χ1n) is 7.30. The van der Waals surface area contributed by atoms with Crippen LogP contribution in [0.2, 0.25) is 0 Å². The lowest BCUT2D eigenvalue weighted by Gasteiger charge is -2.32. The lowest BCUT2D eigenvalue weighted by atomic mass is 9.97. The summed E-state index contributed by atoms with van der Waals surface area (Å²) in [6, 6.07) is 7.63. The van der Waals surface area contributed by atoms with E-state index in [0.717, 1.165) is 35.4 Å². The Labute approximate surface area is 137 Å². The first-order chi connectivity index (χ1) is 10.7. The molecule has 1 saturated heterocycles. The molecule has 0 spiro atoms. The van der Waals surface area contributed by atoms with Gasteiger partial charge in [-0.2, -0.15) is 0 Å². The van der Waals surface area contributed by atoms with Crippen molar-refractivity contribution >= 4 is 33.3 Å². The van der Waals surface area contributed by atoms with Crippen LogP contribution in [0.4, 0.5) is 11.5 Å². The Morgan fingerprint density at radius 1 is 1.27 bits per heavy atom. The van der Waals surface area contributed by atoms with E-state index < -0.39 is 0 Å². The van der Waals surface area contributed by atoms with Crippen LogP contribution in [0.3, 0.4) is 0 Å². The number of anilines is 2. The fourth-order valence-corrected chi connectivity index (χ4v) is 2.90. The Bertz CT molecular complexity index is 632. The molecule has 1 aromatic heterocycles. The van der Waals surface area contributed by atoms with E-state index in [2.05, 4.69) is 36.1 Å². The molecule has 114 valence electrons. The first-order valence-corrected chi connectivity index (χ1v) is 8.09. The molecule has 1 N–H and O–H groups in total. The van der Waals surface area contributed by atoms with Crippen LogP contribution in [0.1, 0.15) is 12.8 Å². The van der Waals surface area contributed by atoms with Crippen molar-refractivity contribution in [2.45, 2.75) is 12.8 Å². The van der Waals surface area contributed by atoms with Gasteiger partial charge in [0.2, 0.25) is 5.91 Å². The molecule has 0 bridgehead atoms. The van der Waals surface area contributed by atoms with Gasteiger partial charge >= 0.3 is 0 Å². The van der Waals surface area contributed by atoms with Gasteiger partial charge in [-0.1, -0.05) is 15.9 Å². The number of aromatic nitrogens is 2. The van der Waals surface area contributed by atoms with Crippen LogP contribution >= 0.6 is 15.9 Å². The predicted octanol–water partition coefficient (Wildman–Crippen LogP) is 3.09. The number of piperidine rings is 1. The van der Waals surface area contributed by atoms with Gasteiger partial charge in [-0.25, -0.2) is 4.98 Å². The largest absolute Gasteiger partial charge is 0.355 e. The fourth-order valence-electron chi connectivity index (χ4n) is 2.63. The molecule has 0 aliphatic carbocycles. The number of carbonyl (C=O) groups is 1. The molecular weight excluding hydrogens is 344 g/mol. The van der Waals surface area contributed by atoms with E-state index in [1.54, 1.807) is 18.6 Å². The van der Waals surface area contributed by atoms with Gasteiger partial charge in [0.05, 0.1) is 12.1 Å². The molecule has 2 aromatic rings. The average Bonchev–Trinajstić information content (AvgIpc) is 2.58. The molecule has 1 atom stereocenters. The normalized spacial score (nSPS) is 18.0. The van der Waals surface area contributed by atoms with Crippen molar-refractivity contribution in [2.75, 3.05) is 23.3 Å². The van der Waals surface area contributed by atoms with E-state index in [1.165, 1.54) is 0 Å². The van der Waals surface area contributed by atoms with Gasteiger partial charge in [-0.05, 0) is 37.1 Å². The number of halogens is 1. The summed E-state index contributed by atoms with van der Waals surface area (Å²) in [7, 11) is 0. The minimum Gasteiger partial charge on any atom is -0.355 e. The van der Waals surface area contributed by atoms with Crippen molar-refractivity contribution in [1.82, 2.24) is 9.97 Å². The average molecular weight is 361 g/mol. The van der Waals surface area contributed by atoms with E-state index in [0.29, 0.717) is 6.54 Å². The minimum atomic E-state index is -0.0283. The Hall–Kier alpha value is -1.95. The molecule has 0 radical (unpaired) electrons. The predicted molar refractivity (Wildman–Crippen MR) is 89.7 cm³/mol. The van der Waals surface area contributed by atoms with Crippen LogP contribution in [0, 0.1) is 5.92 Å². The molecule has 1 aromatic carbocycles. The van der Waals surface area contributed by atoms with Gasteiger partial charge in [-0.3, -0.25) is 9.78 Å². The Morgan fingerprint density at radius 2 is 2.09 bits per heavy atom. The third-order valence-corrected chi connectivity index (χ3v) is 4.31. The zero-order valence-corrected chi connectivity index (χ0v) is 13.7. The summed E-state index contributed by atoms with van der Waals surface area (Å²) in [6.07, 6.45) is 6.97. The number of amides is 1. The highest BCUT2D eigenvalue weighted by molar-refractivity contribution is 9.10. The van der Waals surface area contributed by atoms with Crippen molar-refractivity contribution in [3.05, 3.63) is 47.3 Å². The molecule has 5 nitrogen and oxygen atoms in total. The Kier molecular flexibility index (Phi) is 4.68. The Balaban J connectivity index is 1.64. The van der Waals surface area contributed by atoms with Crippen LogP contribution < -0.4 is 10.2 Å². The van der Waals surface area contributed by atoms with Crippen LogP contribution in [0.5, 0.6) is 0 Å². The maximum atomic E-state index is 12.4. The summed E-state index contributed by atoms with van der Waals surface area (Å²) in [5, 5.41) is 2.99. The van der Waals surface area contributed by atoms with Gasteiger partial charge in [-0.15, -0.1) is 0 Å². The number of nitrogens with one attached hydrogen (secondary N) is 1. The highest BCUT2D eigenvalue weighted by Crippen LogP contribution is 2.22. The topological polar surface area (TPSA) is 58.1 Å². The van der Waals surface area contributed by atoms with E-state index >= 15 is 0 Å². The molecule has 1 aliphatic heterocycles. The van der Waals surface area contributed by atoms with E-state index in [4.69, 9.17) is 0 Å². The van der Waals surface area contributed by atoms with E-state index in [-0.39, 0.29) is 11.8 Å². The second-order valence-corrected chi connectivity index (χ2v) is 6.26. The molecule has 1 aliphatic rings. The zero-order valence-electron chi connectivity index (χ0n) is 12.1. The van der Waals surface area contributed by atoms with Gasteiger partial charge in [0.15, 0.2) is 0 Å². The summed E-state index contributed by atoms with van der Waals surface area (Å²) in [4.78, 5) is 23.0. The van der Waals surface area contributed by atoms with Crippen molar-refractivity contribution in [2.24, 2.45) is 5.92 Å². The SMILES string of the molecule is O=C(Nc1ccc(Br)cc1)C1CCCN(c2cnccn2)C1. The number of benzene rings is 1. The van der Waals surface area contributed by atoms with E-state index in [9.17, 15) is 4.79 Å². The number of nitrogens with zero attached hydrogens (tertiary/aromatic N) is 3. The zero-order chi connectivity index (χ0) is 15.4. The number of hydrogen-bond acceptors (Lipinski definition) is 4. The highest BCUT2D eigenvalue weighted by Gasteiger charge is 2.26. The van der Waals surface area contributed by atoms with Gasteiger partial charge < -0.3 is 10.2 Å². The number of carbonyl (C=O) groups excluding carboxylic acids is 1. The van der Waals surface area contributed by atoms with Crippen molar-refractivity contribution in [3.63, 3.8) is 0 Å². The van der Waals surface area contributed by atoms with Crippen molar-refractivity contribution < 1.29 is 4.79 Å². The van der Waals surface area contributed by atoms with Gasteiger partial charge in [0.25, 0.3) is 0 Å². The number of rotatable bonds is 3. The number of hydrogen-bond donors (Lipinski definition) is 1. The van der Waals surface area contributed by atoms with Gasteiger partial charge in [0.1, 0.15) is 5.82 Å². The lowest BCUT2D eigenvalue weighted by molar-refractivity contribution is -0.120. The third kappa shape index (κ3) is 3.62. The summed E-state index contributed by atoms with van der Waals surface area (Å²) < 4.78 is 0.997. The smallest absolute Gasteiger partial charge is 0.229 e. The van der Waals surface area contributed by atoms with Crippen LogP contribution in [0.25, 0.3) is 0 Å². The van der Waals surface area contributed by atoms with Gasteiger partial charge in [0, 0.05) is 35.6 Å². The van der Waals surface area contributed by atoms with Crippen LogP contribution in [-0.2, 0) is 4.79 Å². The molecule has 2 heterocycles. The molecule has 1 unspecified atom stereocenters. The molecule has 0 saturated carbocycles. The maximum Gasteiger partial charge on any atom is 0.229 e. The maximum absolute atomic E-state index is 12.4. The summed E-state index contributed by atoms with van der Waals surface area (Å²) >= 11 is 3.39. The molecule has 1 fully saturated rings. The van der Waals surface area contributed by atoms with Crippen LogP contribution in [-0.4, -0.2) is 29.0 Å². The quantitative estimate of drug-likeness (QED) is 0.913. The summed E-state index contributed by atoms with van der Waals surface area (Å²) in [6.45, 7) is 1.60. The lowest BCUT2D eigenvalue weighted by Crippen LogP contribution is -2.41. The fraction of sp³-hybridized carbons (Fsp3) is 0.312. The van der Waals surface area contributed by atoms with Crippen molar-refractivity contribution in [1.29, 1.82) is 0 Å². The summed E-state index contributed by atoms with van der Waals surface area (Å²) in [5.41, 5.74) is 0.824. The molecule has 22 heavy (non-hydrogen) atoms. The molecular formula is C16H17BrN4O.